The van der Waals surface area contributed by atoms with Crippen molar-refractivity contribution in [2.75, 3.05) is 11.1 Å². The Morgan fingerprint density at radius 2 is 1.80 bits per heavy atom. The summed E-state index contributed by atoms with van der Waals surface area (Å²) in [7, 11) is 0. The van der Waals surface area contributed by atoms with E-state index in [-0.39, 0.29) is 10.0 Å². The van der Waals surface area contributed by atoms with Crippen molar-refractivity contribution >= 4 is 56.4 Å². The first-order chi connectivity index (χ1) is 9.38. The van der Waals surface area contributed by atoms with Gasteiger partial charge in [-0.3, -0.25) is 4.79 Å². The topological polar surface area (TPSA) is 55.1 Å². The van der Waals surface area contributed by atoms with Crippen molar-refractivity contribution in [2.45, 2.75) is 0 Å². The fraction of sp³-hybridized carbons (Fsp3) is 0. The van der Waals surface area contributed by atoms with Crippen molar-refractivity contribution in [3.63, 3.8) is 0 Å². The molecule has 3 nitrogen and oxygen atoms in total. The predicted octanol–water partition coefficient (Wildman–Crippen LogP) is 4.73. The highest BCUT2D eigenvalue weighted by atomic mass is 79.9. The maximum atomic E-state index is 13.3. The van der Waals surface area contributed by atoms with Crippen molar-refractivity contribution in [3.8, 4) is 0 Å². The predicted molar refractivity (Wildman–Crippen MR) is 82.9 cm³/mol. The summed E-state index contributed by atoms with van der Waals surface area (Å²) in [6.07, 6.45) is 0. The fourth-order valence-corrected chi connectivity index (χ4v) is 2.46. The van der Waals surface area contributed by atoms with E-state index in [2.05, 4.69) is 21.2 Å². The van der Waals surface area contributed by atoms with Gasteiger partial charge in [-0.25, -0.2) is 4.39 Å². The molecule has 0 aliphatic rings. The standard InChI is InChI=1S/C13H8BrCl2FN2O/c14-9-2-1-6(18)3-8(9)13(20)19-7-4-10(15)12(17)11(16)5-7/h1-5H,18H2,(H,19,20). The van der Waals surface area contributed by atoms with Crippen LogP contribution < -0.4 is 11.1 Å². The van der Waals surface area contributed by atoms with E-state index < -0.39 is 11.7 Å². The number of halogens is 4. The van der Waals surface area contributed by atoms with Crippen LogP contribution in [0.3, 0.4) is 0 Å². The highest BCUT2D eigenvalue weighted by Crippen LogP contribution is 2.28. The molecular formula is C13H8BrCl2FN2O. The van der Waals surface area contributed by atoms with E-state index in [9.17, 15) is 9.18 Å². The van der Waals surface area contributed by atoms with Crippen molar-refractivity contribution in [2.24, 2.45) is 0 Å². The summed E-state index contributed by atoms with van der Waals surface area (Å²) in [6, 6.07) is 7.40. The molecule has 0 spiro atoms. The summed E-state index contributed by atoms with van der Waals surface area (Å²) in [6.45, 7) is 0. The first-order valence-corrected chi connectivity index (χ1v) is 6.94. The zero-order chi connectivity index (χ0) is 14.9. The molecule has 0 fully saturated rings. The van der Waals surface area contributed by atoms with Crippen molar-refractivity contribution < 1.29 is 9.18 Å². The van der Waals surface area contributed by atoms with Crippen molar-refractivity contribution in [3.05, 3.63) is 56.2 Å². The lowest BCUT2D eigenvalue weighted by Gasteiger charge is -2.09. The zero-order valence-electron chi connectivity index (χ0n) is 9.88. The largest absolute Gasteiger partial charge is 0.399 e. The number of benzene rings is 2. The Kier molecular flexibility index (Phi) is 4.52. The summed E-state index contributed by atoms with van der Waals surface area (Å²) >= 11 is 14.6. The molecule has 20 heavy (non-hydrogen) atoms. The second-order valence-corrected chi connectivity index (χ2v) is 5.62. The molecule has 0 saturated heterocycles. The number of amides is 1. The molecule has 3 N–H and O–H groups in total. The van der Waals surface area contributed by atoms with Gasteiger partial charge in [-0.15, -0.1) is 0 Å². The molecule has 2 rings (SSSR count). The van der Waals surface area contributed by atoms with Gasteiger partial charge in [0, 0.05) is 15.8 Å². The number of carbonyl (C=O) groups excluding carboxylic acids is 1. The minimum Gasteiger partial charge on any atom is -0.399 e. The number of hydrogen-bond acceptors (Lipinski definition) is 2. The third kappa shape index (κ3) is 3.23. The van der Waals surface area contributed by atoms with Gasteiger partial charge in [0.15, 0.2) is 5.82 Å². The third-order valence-corrected chi connectivity index (χ3v) is 3.72. The summed E-state index contributed by atoms with van der Waals surface area (Å²) in [5.41, 5.74) is 6.73. The van der Waals surface area contributed by atoms with Gasteiger partial charge in [0.25, 0.3) is 5.91 Å². The van der Waals surface area contributed by atoms with Crippen LogP contribution in [0.1, 0.15) is 10.4 Å². The molecule has 1 amide bonds. The second-order valence-electron chi connectivity index (χ2n) is 3.95. The lowest BCUT2D eigenvalue weighted by molar-refractivity contribution is 0.102. The van der Waals surface area contributed by atoms with E-state index in [4.69, 9.17) is 28.9 Å². The van der Waals surface area contributed by atoms with Crippen LogP contribution in [0.2, 0.25) is 10.0 Å². The Hall–Kier alpha value is -1.30. The quantitative estimate of drug-likeness (QED) is 0.587. The Balaban J connectivity index is 2.30. The highest BCUT2D eigenvalue weighted by molar-refractivity contribution is 9.10. The van der Waals surface area contributed by atoms with E-state index in [1.165, 1.54) is 18.2 Å². The smallest absolute Gasteiger partial charge is 0.256 e. The molecule has 2 aromatic carbocycles. The number of nitrogens with two attached hydrogens (primary N) is 1. The highest BCUT2D eigenvalue weighted by Gasteiger charge is 2.13. The van der Waals surface area contributed by atoms with Crippen molar-refractivity contribution in [1.29, 1.82) is 0 Å². The van der Waals surface area contributed by atoms with Crippen LogP contribution in [0.15, 0.2) is 34.8 Å². The zero-order valence-corrected chi connectivity index (χ0v) is 13.0. The second kappa shape index (κ2) is 5.99. The first-order valence-electron chi connectivity index (χ1n) is 5.39. The molecule has 2 aromatic rings. The normalized spacial score (nSPS) is 10.4. The minimum absolute atomic E-state index is 0.167. The Morgan fingerprint density at radius 1 is 1.20 bits per heavy atom. The molecular weight excluding hydrogens is 370 g/mol. The number of hydrogen-bond donors (Lipinski definition) is 2. The maximum Gasteiger partial charge on any atom is 0.256 e. The third-order valence-electron chi connectivity index (χ3n) is 2.48. The molecule has 0 aliphatic heterocycles. The molecule has 7 heteroatoms. The lowest BCUT2D eigenvalue weighted by Crippen LogP contribution is -2.13. The molecule has 0 atom stereocenters. The molecule has 0 unspecified atom stereocenters. The van der Waals surface area contributed by atoms with Crippen LogP contribution in [0.25, 0.3) is 0 Å². The number of anilines is 2. The molecule has 0 saturated carbocycles. The first kappa shape index (κ1) is 15.1. The van der Waals surface area contributed by atoms with E-state index in [0.717, 1.165) is 0 Å². The van der Waals surface area contributed by atoms with Gasteiger partial charge >= 0.3 is 0 Å². The van der Waals surface area contributed by atoms with Gasteiger partial charge in [-0.2, -0.15) is 0 Å². The molecule has 0 bridgehead atoms. The van der Waals surface area contributed by atoms with E-state index >= 15 is 0 Å². The number of nitrogens with one attached hydrogen (secondary N) is 1. The van der Waals surface area contributed by atoms with Gasteiger partial charge in [0.05, 0.1) is 15.6 Å². The maximum absolute atomic E-state index is 13.3. The Bertz CT molecular complexity index is 671. The van der Waals surface area contributed by atoms with E-state index in [1.54, 1.807) is 12.1 Å². The molecule has 104 valence electrons. The Labute approximate surface area is 133 Å². The van der Waals surface area contributed by atoms with Crippen LogP contribution in [0, 0.1) is 5.82 Å². The summed E-state index contributed by atoms with van der Waals surface area (Å²) in [4.78, 5) is 12.1. The molecule has 0 heterocycles. The van der Waals surface area contributed by atoms with E-state index in [0.29, 0.717) is 21.4 Å². The van der Waals surface area contributed by atoms with Crippen LogP contribution in [-0.4, -0.2) is 5.91 Å². The summed E-state index contributed by atoms with van der Waals surface area (Å²) in [5.74, 6) is -1.14. The van der Waals surface area contributed by atoms with Gasteiger partial charge in [-0.05, 0) is 46.3 Å². The van der Waals surface area contributed by atoms with E-state index in [1.807, 2.05) is 0 Å². The molecule has 0 radical (unpaired) electrons. The van der Waals surface area contributed by atoms with Crippen LogP contribution in [0.5, 0.6) is 0 Å². The summed E-state index contributed by atoms with van der Waals surface area (Å²) < 4.78 is 13.9. The molecule has 0 aliphatic carbocycles. The SMILES string of the molecule is Nc1ccc(Br)c(C(=O)Nc2cc(Cl)c(F)c(Cl)c2)c1. The number of rotatable bonds is 2. The number of carbonyl (C=O) groups is 1. The van der Waals surface area contributed by atoms with Crippen LogP contribution >= 0.6 is 39.1 Å². The number of nitrogen functional groups attached to an aromatic ring is 1. The van der Waals surface area contributed by atoms with Gasteiger partial charge in [-0.1, -0.05) is 23.2 Å². The average molecular weight is 378 g/mol. The van der Waals surface area contributed by atoms with Gasteiger partial charge in [0.2, 0.25) is 0 Å². The lowest BCUT2D eigenvalue weighted by atomic mass is 10.2. The van der Waals surface area contributed by atoms with Gasteiger partial charge in [0.1, 0.15) is 0 Å². The van der Waals surface area contributed by atoms with Crippen LogP contribution in [0.4, 0.5) is 15.8 Å². The van der Waals surface area contributed by atoms with Crippen molar-refractivity contribution in [1.82, 2.24) is 0 Å². The summed E-state index contributed by atoms with van der Waals surface area (Å²) in [5, 5.41) is 2.24. The fourth-order valence-electron chi connectivity index (χ4n) is 1.54. The Morgan fingerprint density at radius 3 is 2.40 bits per heavy atom. The van der Waals surface area contributed by atoms with Crippen LogP contribution in [-0.2, 0) is 0 Å². The average Bonchev–Trinajstić information content (AvgIpc) is 2.38. The van der Waals surface area contributed by atoms with Gasteiger partial charge < -0.3 is 11.1 Å². The molecule has 0 aromatic heterocycles. The monoisotopic (exact) mass is 376 g/mol. The minimum atomic E-state index is -0.725.